The fourth-order valence-electron chi connectivity index (χ4n) is 3.63. The van der Waals surface area contributed by atoms with Crippen molar-refractivity contribution < 1.29 is 14.2 Å². The van der Waals surface area contributed by atoms with E-state index in [4.69, 9.17) is 14.2 Å². The molecule has 1 aromatic rings. The van der Waals surface area contributed by atoms with Gasteiger partial charge in [0.2, 0.25) is 0 Å². The van der Waals surface area contributed by atoms with Gasteiger partial charge >= 0.3 is 0 Å². The van der Waals surface area contributed by atoms with Gasteiger partial charge in [-0.15, -0.1) is 11.8 Å². The lowest BCUT2D eigenvalue weighted by molar-refractivity contribution is 0.0494. The first-order valence-electron chi connectivity index (χ1n) is 9.40. The maximum atomic E-state index is 6.08. The number of methoxy groups -OCH3 is 2. The first-order chi connectivity index (χ1) is 12.8. The van der Waals surface area contributed by atoms with Crippen LogP contribution in [0.2, 0.25) is 0 Å². The molecule has 0 fully saturated rings. The Morgan fingerprint density at radius 3 is 2.81 bits per heavy atom. The summed E-state index contributed by atoms with van der Waals surface area (Å²) in [6.07, 6.45) is 3.27. The van der Waals surface area contributed by atoms with Gasteiger partial charge in [-0.25, -0.2) is 0 Å². The molecule has 3 rings (SSSR count). The topological polar surface area (TPSA) is 43.0 Å². The summed E-state index contributed by atoms with van der Waals surface area (Å²) in [4.78, 5) is 4.11. The summed E-state index contributed by atoms with van der Waals surface area (Å²) in [7, 11) is 3.38. The van der Waals surface area contributed by atoms with Gasteiger partial charge in [0.1, 0.15) is 11.5 Å². The van der Waals surface area contributed by atoms with Crippen LogP contribution < -0.4 is 14.8 Å². The van der Waals surface area contributed by atoms with Crippen LogP contribution in [0.3, 0.4) is 0 Å². The molecule has 0 spiro atoms. The SMILES string of the molecule is CCOC(CCN1CSC2=C1CCNCC2)c1ccc(OC)cc1OC. The first kappa shape index (κ1) is 19.4. The molecule has 6 heteroatoms. The summed E-state index contributed by atoms with van der Waals surface area (Å²) >= 11 is 2.00. The third-order valence-electron chi connectivity index (χ3n) is 4.98. The summed E-state index contributed by atoms with van der Waals surface area (Å²) in [6, 6.07) is 5.98. The highest BCUT2D eigenvalue weighted by Gasteiger charge is 2.26. The Hall–Kier alpha value is -1.37. The van der Waals surface area contributed by atoms with Gasteiger partial charge in [-0.3, -0.25) is 0 Å². The quantitative estimate of drug-likeness (QED) is 0.743. The van der Waals surface area contributed by atoms with Gasteiger partial charge in [0.15, 0.2) is 0 Å². The van der Waals surface area contributed by atoms with Crippen molar-refractivity contribution in [2.24, 2.45) is 0 Å². The van der Waals surface area contributed by atoms with E-state index in [9.17, 15) is 0 Å². The van der Waals surface area contributed by atoms with E-state index in [2.05, 4.69) is 16.3 Å². The van der Waals surface area contributed by atoms with Crippen LogP contribution in [-0.2, 0) is 4.74 Å². The molecule has 0 radical (unpaired) electrons. The summed E-state index contributed by atoms with van der Waals surface area (Å²) < 4.78 is 17.0. The zero-order chi connectivity index (χ0) is 18.4. The molecule has 2 aliphatic rings. The van der Waals surface area contributed by atoms with Crippen molar-refractivity contribution in [2.75, 3.05) is 46.3 Å². The minimum absolute atomic E-state index is 0.0272. The second-order valence-corrected chi connectivity index (χ2v) is 7.54. The maximum Gasteiger partial charge on any atom is 0.128 e. The molecule has 0 aromatic heterocycles. The molecule has 0 amide bonds. The molecule has 2 heterocycles. The number of rotatable bonds is 8. The summed E-state index contributed by atoms with van der Waals surface area (Å²) in [5, 5.41) is 3.50. The highest BCUT2D eigenvalue weighted by Crippen LogP contribution is 2.38. The fourth-order valence-corrected chi connectivity index (χ4v) is 4.87. The standard InChI is InChI=1S/C20H30N2O3S/c1-4-25-18(16-6-5-15(23-2)13-19(16)24-3)9-12-22-14-26-20-8-11-21-10-7-17(20)22/h5-6,13,18,21H,4,7-12,14H2,1-3H3. The lowest BCUT2D eigenvalue weighted by Gasteiger charge is -2.26. The number of benzene rings is 1. The fraction of sp³-hybridized carbons (Fsp3) is 0.600. The zero-order valence-electron chi connectivity index (χ0n) is 16.0. The smallest absolute Gasteiger partial charge is 0.128 e. The van der Waals surface area contributed by atoms with E-state index < -0.39 is 0 Å². The third-order valence-corrected chi connectivity index (χ3v) is 6.21. The minimum Gasteiger partial charge on any atom is -0.497 e. The molecule has 2 aliphatic heterocycles. The third kappa shape index (κ3) is 4.48. The molecule has 5 nitrogen and oxygen atoms in total. The molecule has 0 aliphatic carbocycles. The van der Waals surface area contributed by atoms with E-state index in [1.807, 2.05) is 30.8 Å². The van der Waals surface area contributed by atoms with Crippen molar-refractivity contribution in [1.29, 1.82) is 0 Å². The van der Waals surface area contributed by atoms with E-state index >= 15 is 0 Å². The first-order valence-corrected chi connectivity index (χ1v) is 10.4. The molecule has 26 heavy (non-hydrogen) atoms. The summed E-state index contributed by atoms with van der Waals surface area (Å²) in [5.41, 5.74) is 2.63. The van der Waals surface area contributed by atoms with Crippen molar-refractivity contribution in [3.63, 3.8) is 0 Å². The number of hydrogen-bond donors (Lipinski definition) is 1. The number of thioether (sulfide) groups is 1. The van der Waals surface area contributed by atoms with E-state index in [0.29, 0.717) is 6.61 Å². The monoisotopic (exact) mass is 378 g/mol. The van der Waals surface area contributed by atoms with Crippen molar-refractivity contribution in [3.05, 3.63) is 34.4 Å². The Morgan fingerprint density at radius 1 is 1.19 bits per heavy atom. The second kappa shape index (κ2) is 9.53. The normalized spacial score (nSPS) is 18.5. The van der Waals surface area contributed by atoms with Gasteiger partial charge in [0.05, 0.1) is 26.2 Å². The number of nitrogens with zero attached hydrogens (tertiary/aromatic N) is 1. The molecular weight excluding hydrogens is 348 g/mol. The molecule has 144 valence electrons. The summed E-state index contributed by atoms with van der Waals surface area (Å²) in [6.45, 7) is 5.92. The predicted molar refractivity (Wildman–Crippen MR) is 107 cm³/mol. The van der Waals surface area contributed by atoms with Gasteiger partial charge in [0.25, 0.3) is 0 Å². The molecular formula is C20H30N2O3S. The summed E-state index contributed by atoms with van der Waals surface area (Å²) in [5.74, 6) is 2.71. The van der Waals surface area contributed by atoms with E-state index in [-0.39, 0.29) is 6.10 Å². The van der Waals surface area contributed by atoms with Crippen LogP contribution in [0.15, 0.2) is 28.8 Å². The lowest BCUT2D eigenvalue weighted by Crippen LogP contribution is -2.25. The number of hydrogen-bond acceptors (Lipinski definition) is 6. The zero-order valence-corrected chi connectivity index (χ0v) is 16.9. The highest BCUT2D eigenvalue weighted by molar-refractivity contribution is 8.03. The van der Waals surface area contributed by atoms with Crippen LogP contribution in [-0.4, -0.2) is 51.2 Å². The van der Waals surface area contributed by atoms with Crippen LogP contribution in [0, 0.1) is 0 Å². The van der Waals surface area contributed by atoms with Gasteiger partial charge < -0.3 is 24.4 Å². The van der Waals surface area contributed by atoms with E-state index in [0.717, 1.165) is 61.8 Å². The lowest BCUT2D eigenvalue weighted by atomic mass is 10.0. The van der Waals surface area contributed by atoms with E-state index in [1.54, 1.807) is 19.1 Å². The molecule has 0 saturated carbocycles. The molecule has 0 saturated heterocycles. The van der Waals surface area contributed by atoms with Gasteiger partial charge in [-0.2, -0.15) is 0 Å². The minimum atomic E-state index is 0.0272. The molecule has 1 aromatic carbocycles. The average Bonchev–Trinajstić information content (AvgIpc) is 2.90. The number of ether oxygens (including phenoxy) is 3. The molecule has 1 atom stereocenters. The maximum absolute atomic E-state index is 6.08. The predicted octanol–water partition coefficient (Wildman–Crippen LogP) is 3.77. The van der Waals surface area contributed by atoms with Crippen LogP contribution in [0.1, 0.15) is 37.9 Å². The van der Waals surface area contributed by atoms with Crippen molar-refractivity contribution >= 4 is 11.8 Å². The van der Waals surface area contributed by atoms with Crippen LogP contribution in [0.4, 0.5) is 0 Å². The number of nitrogens with one attached hydrogen (secondary N) is 1. The Labute approximate surface area is 161 Å². The van der Waals surface area contributed by atoms with Gasteiger partial charge in [0, 0.05) is 48.3 Å². The molecule has 1 unspecified atom stereocenters. The van der Waals surface area contributed by atoms with Crippen LogP contribution in [0.25, 0.3) is 0 Å². The Kier molecular flexibility index (Phi) is 7.11. The van der Waals surface area contributed by atoms with Gasteiger partial charge in [-0.05, 0) is 38.4 Å². The van der Waals surface area contributed by atoms with Crippen molar-refractivity contribution in [2.45, 2.75) is 32.3 Å². The molecule has 0 bridgehead atoms. The van der Waals surface area contributed by atoms with Crippen molar-refractivity contribution in [1.82, 2.24) is 10.2 Å². The Bertz CT molecular complexity index is 635. The Morgan fingerprint density at radius 2 is 2.04 bits per heavy atom. The van der Waals surface area contributed by atoms with Crippen LogP contribution in [0.5, 0.6) is 11.5 Å². The second-order valence-electron chi connectivity index (χ2n) is 6.50. The highest BCUT2D eigenvalue weighted by atomic mass is 32.2. The molecule has 1 N–H and O–H groups in total. The van der Waals surface area contributed by atoms with E-state index in [1.165, 1.54) is 5.70 Å². The van der Waals surface area contributed by atoms with Gasteiger partial charge in [-0.1, -0.05) is 0 Å². The Balaban J connectivity index is 1.70. The van der Waals surface area contributed by atoms with Crippen LogP contribution >= 0.6 is 11.8 Å². The largest absolute Gasteiger partial charge is 0.497 e. The van der Waals surface area contributed by atoms with Crippen molar-refractivity contribution in [3.8, 4) is 11.5 Å². The average molecular weight is 379 g/mol.